The van der Waals surface area contributed by atoms with Crippen LogP contribution >= 0.6 is 24.0 Å². The number of benzene rings is 1. The maximum Gasteiger partial charge on any atom is 0.266 e. The Morgan fingerprint density at radius 3 is 2.96 bits per heavy atom. The summed E-state index contributed by atoms with van der Waals surface area (Å²) in [7, 11) is -4.14. The Morgan fingerprint density at radius 1 is 1.50 bits per heavy atom. The van der Waals surface area contributed by atoms with Crippen molar-refractivity contribution in [2.45, 2.75) is 19.4 Å². The molecule has 1 unspecified atom stereocenters. The maximum absolute atomic E-state index is 12.4. The van der Waals surface area contributed by atoms with Gasteiger partial charge in [0.05, 0.1) is 10.7 Å². The molecule has 0 saturated carbocycles. The molecule has 0 radical (unpaired) electrons. The summed E-state index contributed by atoms with van der Waals surface area (Å²) < 4.78 is 36.5. The van der Waals surface area contributed by atoms with Gasteiger partial charge in [0, 0.05) is 13.0 Å². The lowest BCUT2D eigenvalue weighted by atomic mass is 10.1. The minimum Gasteiger partial charge on any atom is -0.490 e. The molecule has 1 fully saturated rings. The monoisotopic (exact) mass is 385 g/mol. The van der Waals surface area contributed by atoms with Crippen molar-refractivity contribution in [3.63, 3.8) is 0 Å². The summed E-state index contributed by atoms with van der Waals surface area (Å²) in [6, 6.07) is 5.72. The predicted molar refractivity (Wildman–Crippen MR) is 96.5 cm³/mol. The Bertz CT molecular complexity index is 847. The first-order valence-corrected chi connectivity index (χ1v) is 10.1. The molecule has 1 N–H and O–H groups in total. The molecule has 9 heteroatoms. The number of thiocarbonyl (C=S) groups is 1. The van der Waals surface area contributed by atoms with Crippen molar-refractivity contribution in [1.29, 1.82) is 0 Å². The molecule has 2 heterocycles. The van der Waals surface area contributed by atoms with Crippen LogP contribution in [0.1, 0.15) is 18.1 Å². The molecule has 24 heavy (non-hydrogen) atoms. The normalized spacial score (nSPS) is 22.2. The number of thioether (sulfide) groups is 1. The Morgan fingerprint density at radius 2 is 2.25 bits per heavy atom. The zero-order valence-electron chi connectivity index (χ0n) is 12.8. The summed E-state index contributed by atoms with van der Waals surface area (Å²) in [5, 5.41) is 0. The van der Waals surface area contributed by atoms with E-state index in [1.807, 2.05) is 25.1 Å². The molecular formula is C15H15NO5S3. The molecule has 1 aromatic rings. The van der Waals surface area contributed by atoms with E-state index in [1.54, 1.807) is 6.08 Å². The molecule has 1 atom stereocenters. The Balaban J connectivity index is 1.78. The van der Waals surface area contributed by atoms with E-state index >= 15 is 0 Å². The van der Waals surface area contributed by atoms with E-state index in [9.17, 15) is 13.2 Å². The number of ether oxygens (including phenoxy) is 1. The predicted octanol–water partition coefficient (Wildman–Crippen LogP) is 2.10. The van der Waals surface area contributed by atoms with E-state index < -0.39 is 15.9 Å². The molecule has 0 bridgehead atoms. The summed E-state index contributed by atoms with van der Waals surface area (Å²) in [5.41, 5.74) is 1.96. The van der Waals surface area contributed by atoms with Crippen molar-refractivity contribution in [2.24, 2.45) is 0 Å². The lowest BCUT2D eigenvalue weighted by molar-refractivity contribution is -0.121. The lowest BCUT2D eigenvalue weighted by Crippen LogP contribution is -2.32. The molecule has 1 amide bonds. The minimum atomic E-state index is -4.14. The minimum absolute atomic E-state index is 0.147. The molecule has 0 aromatic heterocycles. The van der Waals surface area contributed by atoms with Crippen molar-refractivity contribution in [2.75, 3.05) is 12.3 Å². The lowest BCUT2D eigenvalue weighted by Gasteiger charge is -2.12. The fourth-order valence-electron chi connectivity index (χ4n) is 2.58. The molecule has 0 aliphatic carbocycles. The number of nitrogens with zero attached hydrogens (tertiary/aromatic N) is 1. The van der Waals surface area contributed by atoms with Gasteiger partial charge in [-0.2, -0.15) is 8.42 Å². The van der Waals surface area contributed by atoms with Gasteiger partial charge < -0.3 is 4.74 Å². The van der Waals surface area contributed by atoms with Crippen LogP contribution in [0.15, 0.2) is 23.1 Å². The molecule has 1 saturated heterocycles. The second-order valence-corrected chi connectivity index (χ2v) is 8.87. The molecular weight excluding hydrogens is 370 g/mol. The van der Waals surface area contributed by atoms with Gasteiger partial charge in [-0.3, -0.25) is 14.2 Å². The Kier molecular flexibility index (Phi) is 4.69. The topological polar surface area (TPSA) is 83.9 Å². The summed E-state index contributed by atoms with van der Waals surface area (Å²) >= 11 is 6.25. The van der Waals surface area contributed by atoms with Crippen LogP contribution in [0.25, 0.3) is 6.08 Å². The van der Waals surface area contributed by atoms with Crippen molar-refractivity contribution >= 4 is 50.4 Å². The van der Waals surface area contributed by atoms with Gasteiger partial charge in [-0.15, -0.1) is 0 Å². The highest BCUT2D eigenvalue weighted by molar-refractivity contribution is 8.26. The zero-order valence-corrected chi connectivity index (χ0v) is 15.2. The third-order valence-electron chi connectivity index (χ3n) is 3.66. The average molecular weight is 385 g/mol. The standard InChI is InChI=1S/C15H15NO5S3/c1-9-6-11-7-10(2-3-12(11)21-9)8-13-14(17)16(15(22)23-13)4-5-24(18,19)20/h2-3,7-9H,4-6H2,1H3,(H,18,19,20). The molecule has 3 rings (SSSR count). The maximum atomic E-state index is 12.4. The molecule has 2 aliphatic rings. The largest absolute Gasteiger partial charge is 0.490 e. The quantitative estimate of drug-likeness (QED) is 0.483. The summed E-state index contributed by atoms with van der Waals surface area (Å²) in [4.78, 5) is 14.0. The molecule has 2 aliphatic heterocycles. The van der Waals surface area contributed by atoms with Crippen LogP contribution in [-0.4, -0.2) is 46.5 Å². The van der Waals surface area contributed by atoms with Gasteiger partial charge in [0.25, 0.3) is 16.0 Å². The average Bonchev–Trinajstić information content (AvgIpc) is 2.96. The highest BCUT2D eigenvalue weighted by Crippen LogP contribution is 2.34. The highest BCUT2D eigenvalue weighted by Gasteiger charge is 2.32. The van der Waals surface area contributed by atoms with E-state index in [0.717, 1.165) is 35.1 Å². The van der Waals surface area contributed by atoms with Crippen LogP contribution in [0.2, 0.25) is 0 Å². The number of carbonyl (C=O) groups excluding carboxylic acids is 1. The van der Waals surface area contributed by atoms with Crippen molar-refractivity contribution < 1.29 is 22.5 Å². The Labute approximate surface area is 149 Å². The molecule has 0 spiro atoms. The fourth-order valence-corrected chi connectivity index (χ4v) is 4.30. The van der Waals surface area contributed by atoms with Crippen LogP contribution in [0.4, 0.5) is 0 Å². The number of amides is 1. The third kappa shape index (κ3) is 3.80. The summed E-state index contributed by atoms with van der Waals surface area (Å²) in [5.74, 6) is -0.0278. The summed E-state index contributed by atoms with van der Waals surface area (Å²) in [6.07, 6.45) is 2.71. The fraction of sp³-hybridized carbons (Fsp3) is 0.333. The van der Waals surface area contributed by atoms with E-state index in [-0.39, 0.29) is 22.9 Å². The second kappa shape index (κ2) is 6.47. The van der Waals surface area contributed by atoms with E-state index in [2.05, 4.69) is 0 Å². The van der Waals surface area contributed by atoms with Gasteiger partial charge in [0.1, 0.15) is 16.2 Å². The van der Waals surface area contributed by atoms with Gasteiger partial charge in [-0.1, -0.05) is 30.0 Å². The number of hydrogen-bond acceptors (Lipinski definition) is 6. The number of carbonyl (C=O) groups is 1. The molecule has 1 aromatic carbocycles. The number of rotatable bonds is 4. The first-order chi connectivity index (χ1) is 11.2. The first kappa shape index (κ1) is 17.4. The highest BCUT2D eigenvalue weighted by atomic mass is 32.2. The Hall–Kier alpha value is -1.42. The van der Waals surface area contributed by atoms with Gasteiger partial charge >= 0.3 is 0 Å². The van der Waals surface area contributed by atoms with Gasteiger partial charge in [0.15, 0.2) is 0 Å². The van der Waals surface area contributed by atoms with Crippen LogP contribution in [0.5, 0.6) is 5.75 Å². The van der Waals surface area contributed by atoms with Crippen LogP contribution in [0.3, 0.4) is 0 Å². The van der Waals surface area contributed by atoms with E-state index in [1.165, 1.54) is 4.90 Å². The van der Waals surface area contributed by atoms with E-state index in [4.69, 9.17) is 21.5 Å². The SMILES string of the molecule is CC1Cc2cc(C=C3SC(=S)N(CCS(=O)(=O)O)C3=O)ccc2O1. The smallest absolute Gasteiger partial charge is 0.266 e. The van der Waals surface area contributed by atoms with Crippen LogP contribution in [-0.2, 0) is 21.3 Å². The molecule has 128 valence electrons. The van der Waals surface area contributed by atoms with Crippen molar-refractivity contribution in [1.82, 2.24) is 4.90 Å². The van der Waals surface area contributed by atoms with Crippen LogP contribution < -0.4 is 4.74 Å². The first-order valence-electron chi connectivity index (χ1n) is 7.23. The van der Waals surface area contributed by atoms with Gasteiger partial charge in [0.2, 0.25) is 0 Å². The summed E-state index contributed by atoms with van der Waals surface area (Å²) in [6.45, 7) is 1.84. The van der Waals surface area contributed by atoms with Gasteiger partial charge in [-0.05, 0) is 36.3 Å². The second-order valence-electron chi connectivity index (χ2n) is 5.62. The van der Waals surface area contributed by atoms with E-state index in [0.29, 0.717) is 4.91 Å². The van der Waals surface area contributed by atoms with Crippen molar-refractivity contribution in [3.8, 4) is 5.75 Å². The zero-order chi connectivity index (χ0) is 17.5. The van der Waals surface area contributed by atoms with Gasteiger partial charge in [-0.25, -0.2) is 0 Å². The number of fused-ring (bicyclic) bond motifs is 1. The third-order valence-corrected chi connectivity index (χ3v) is 5.74. The van der Waals surface area contributed by atoms with Crippen LogP contribution in [0, 0.1) is 0 Å². The molecule has 6 nitrogen and oxygen atoms in total. The van der Waals surface area contributed by atoms with Crippen molar-refractivity contribution in [3.05, 3.63) is 34.2 Å². The number of hydrogen-bond donors (Lipinski definition) is 1.